The highest BCUT2D eigenvalue weighted by atomic mass is 127. The molecule has 0 amide bonds. The van der Waals surface area contributed by atoms with Crippen LogP contribution >= 0.6 is 45.2 Å². The molecule has 4 heteroatoms. The maximum Gasteiger partial charge on any atom is 0.162 e. The SMILES string of the molecule is CC1(C)OCC23CC4(I)CC2(CO1)CC4(I)C3. The van der Waals surface area contributed by atoms with Crippen LogP contribution in [0.1, 0.15) is 39.5 Å². The second-order valence-electron chi connectivity index (χ2n) is 7.18. The van der Waals surface area contributed by atoms with E-state index in [4.69, 9.17) is 9.47 Å². The first-order valence-corrected chi connectivity index (χ1v) is 8.56. The monoisotopic (exact) mass is 460 g/mol. The Kier molecular flexibility index (Phi) is 2.15. The molecular weight excluding hydrogens is 442 g/mol. The van der Waals surface area contributed by atoms with Crippen LogP contribution in [0.2, 0.25) is 0 Å². The molecular formula is C13H18I2O2. The minimum atomic E-state index is -0.381. The van der Waals surface area contributed by atoms with Gasteiger partial charge in [0.25, 0.3) is 0 Å². The zero-order chi connectivity index (χ0) is 12.2. The van der Waals surface area contributed by atoms with E-state index < -0.39 is 0 Å². The van der Waals surface area contributed by atoms with Gasteiger partial charge in [-0.1, -0.05) is 45.2 Å². The van der Waals surface area contributed by atoms with Gasteiger partial charge in [-0.05, 0) is 39.5 Å². The normalized spacial score (nSPS) is 62.8. The molecule has 0 aromatic rings. The van der Waals surface area contributed by atoms with Gasteiger partial charge in [0.1, 0.15) is 0 Å². The lowest BCUT2D eigenvalue weighted by molar-refractivity contribution is -0.207. The van der Waals surface area contributed by atoms with Crippen molar-refractivity contribution in [2.24, 2.45) is 10.8 Å². The van der Waals surface area contributed by atoms with Gasteiger partial charge in [-0.2, -0.15) is 0 Å². The van der Waals surface area contributed by atoms with E-state index in [0.717, 1.165) is 13.2 Å². The summed E-state index contributed by atoms with van der Waals surface area (Å²) in [7, 11) is 0. The summed E-state index contributed by atoms with van der Waals surface area (Å²) in [5.74, 6) is -0.381. The number of halogens is 2. The fourth-order valence-corrected chi connectivity index (χ4v) is 8.64. The Balaban J connectivity index is 1.80. The summed E-state index contributed by atoms with van der Waals surface area (Å²) in [5.41, 5.74) is 0.840. The molecule has 2 nitrogen and oxygen atoms in total. The average molecular weight is 460 g/mol. The molecule has 0 N–H and O–H groups in total. The van der Waals surface area contributed by atoms with E-state index in [0.29, 0.717) is 17.7 Å². The first-order valence-electron chi connectivity index (χ1n) is 6.40. The predicted molar refractivity (Wildman–Crippen MR) is 82.8 cm³/mol. The van der Waals surface area contributed by atoms with Crippen molar-refractivity contribution in [1.29, 1.82) is 0 Å². The maximum atomic E-state index is 6.08. The molecule has 0 radical (unpaired) electrons. The van der Waals surface area contributed by atoms with E-state index in [1.807, 2.05) is 0 Å². The molecule has 5 fully saturated rings. The fraction of sp³-hybridized carbons (Fsp3) is 1.00. The largest absolute Gasteiger partial charge is 0.350 e. The van der Waals surface area contributed by atoms with Crippen molar-refractivity contribution in [2.75, 3.05) is 13.2 Å². The van der Waals surface area contributed by atoms with Gasteiger partial charge in [-0.15, -0.1) is 0 Å². The highest BCUT2D eigenvalue weighted by Crippen LogP contribution is 2.85. The Labute approximate surface area is 130 Å². The van der Waals surface area contributed by atoms with Gasteiger partial charge in [0.15, 0.2) is 5.79 Å². The Bertz CT molecular complexity index is 356. The molecule has 5 aliphatic rings. The summed E-state index contributed by atoms with van der Waals surface area (Å²) in [6.07, 6.45) is 5.40. The Morgan fingerprint density at radius 3 is 1.47 bits per heavy atom. The van der Waals surface area contributed by atoms with Crippen molar-refractivity contribution in [3.63, 3.8) is 0 Å². The van der Waals surface area contributed by atoms with Crippen LogP contribution in [-0.4, -0.2) is 25.8 Å². The van der Waals surface area contributed by atoms with Gasteiger partial charge in [0.2, 0.25) is 0 Å². The number of hydrogen-bond donors (Lipinski definition) is 0. The van der Waals surface area contributed by atoms with Crippen molar-refractivity contribution >= 4 is 45.2 Å². The van der Waals surface area contributed by atoms with Crippen molar-refractivity contribution in [1.82, 2.24) is 0 Å². The lowest BCUT2D eigenvalue weighted by Crippen LogP contribution is -2.37. The summed E-state index contributed by atoms with van der Waals surface area (Å²) >= 11 is 5.51. The van der Waals surface area contributed by atoms with Crippen LogP contribution in [0.25, 0.3) is 0 Å². The van der Waals surface area contributed by atoms with Crippen molar-refractivity contribution in [2.45, 2.75) is 52.2 Å². The molecule has 1 heterocycles. The van der Waals surface area contributed by atoms with Gasteiger partial charge in [-0.25, -0.2) is 0 Å². The molecule has 2 spiro atoms. The van der Waals surface area contributed by atoms with Crippen molar-refractivity contribution in [3.05, 3.63) is 0 Å². The second-order valence-corrected chi connectivity index (χ2v) is 11.3. The van der Waals surface area contributed by atoms with Crippen LogP contribution in [0.4, 0.5) is 0 Å². The van der Waals surface area contributed by atoms with Gasteiger partial charge in [-0.3, -0.25) is 0 Å². The lowest BCUT2D eigenvalue weighted by atomic mass is 9.69. The molecule has 0 unspecified atom stereocenters. The third kappa shape index (κ3) is 1.25. The third-order valence-electron chi connectivity index (χ3n) is 5.79. The number of hydrogen-bond acceptors (Lipinski definition) is 2. The van der Waals surface area contributed by atoms with Gasteiger partial charge in [0, 0.05) is 17.7 Å². The van der Waals surface area contributed by atoms with E-state index in [1.165, 1.54) is 25.7 Å². The van der Waals surface area contributed by atoms with Gasteiger partial charge in [0.05, 0.1) is 13.2 Å². The van der Waals surface area contributed by atoms with E-state index in [-0.39, 0.29) is 5.79 Å². The minimum absolute atomic E-state index is 0.381. The first kappa shape index (κ1) is 12.1. The Hall–Kier alpha value is 1.38. The highest BCUT2D eigenvalue weighted by molar-refractivity contribution is 14.1. The summed E-state index contributed by atoms with van der Waals surface area (Å²) in [4.78, 5) is 0. The second kappa shape index (κ2) is 3.01. The summed E-state index contributed by atoms with van der Waals surface area (Å²) < 4.78 is 13.2. The zero-order valence-corrected chi connectivity index (χ0v) is 14.6. The summed E-state index contributed by atoms with van der Waals surface area (Å²) in [6, 6.07) is 0. The molecule has 1 saturated heterocycles. The van der Waals surface area contributed by atoms with Gasteiger partial charge < -0.3 is 9.47 Å². The Morgan fingerprint density at radius 1 is 0.765 bits per heavy atom. The first-order chi connectivity index (χ1) is 7.74. The number of ether oxygens (including phenoxy) is 2. The number of rotatable bonds is 0. The molecule has 17 heavy (non-hydrogen) atoms. The molecule has 1 aliphatic heterocycles. The smallest absolute Gasteiger partial charge is 0.162 e. The standard InChI is InChI=1S/C13H18I2O2/c1-9(2)16-7-10-3-12(14)5-11(10,8-17-9)6-13(12,15)4-10/h3-8H2,1-2H3. The third-order valence-corrected chi connectivity index (χ3v) is 10.4. The molecule has 4 bridgehead atoms. The van der Waals surface area contributed by atoms with Crippen molar-refractivity contribution in [3.8, 4) is 0 Å². The zero-order valence-electron chi connectivity index (χ0n) is 10.3. The topological polar surface area (TPSA) is 18.5 Å². The van der Waals surface area contributed by atoms with Crippen LogP contribution in [0.5, 0.6) is 0 Å². The van der Waals surface area contributed by atoms with E-state index in [2.05, 4.69) is 59.0 Å². The lowest BCUT2D eigenvalue weighted by Gasteiger charge is -2.37. The quantitative estimate of drug-likeness (QED) is 0.406. The fourth-order valence-electron chi connectivity index (χ4n) is 4.95. The molecule has 5 rings (SSSR count). The molecule has 0 aromatic heterocycles. The predicted octanol–water partition coefficient (Wildman–Crippen LogP) is 3.69. The van der Waals surface area contributed by atoms with E-state index in [9.17, 15) is 0 Å². The van der Waals surface area contributed by atoms with Crippen LogP contribution in [0.3, 0.4) is 0 Å². The van der Waals surface area contributed by atoms with Crippen molar-refractivity contribution < 1.29 is 9.47 Å². The minimum Gasteiger partial charge on any atom is -0.350 e. The molecule has 96 valence electrons. The summed E-state index contributed by atoms with van der Waals surface area (Å²) in [5, 5.41) is 0. The highest BCUT2D eigenvalue weighted by Gasteiger charge is 2.83. The van der Waals surface area contributed by atoms with E-state index >= 15 is 0 Å². The maximum absolute atomic E-state index is 6.08. The number of alkyl halides is 2. The van der Waals surface area contributed by atoms with Crippen LogP contribution in [-0.2, 0) is 9.47 Å². The molecule has 0 aromatic carbocycles. The summed E-state index contributed by atoms with van der Waals surface area (Å²) in [6.45, 7) is 5.94. The van der Waals surface area contributed by atoms with Crippen LogP contribution in [0, 0.1) is 10.8 Å². The molecule has 0 atom stereocenters. The molecule has 4 saturated carbocycles. The average Bonchev–Trinajstić information content (AvgIpc) is 2.70. The Morgan fingerprint density at radius 2 is 1.12 bits per heavy atom. The van der Waals surface area contributed by atoms with Gasteiger partial charge >= 0.3 is 0 Å². The van der Waals surface area contributed by atoms with Crippen LogP contribution in [0.15, 0.2) is 0 Å². The van der Waals surface area contributed by atoms with E-state index in [1.54, 1.807) is 0 Å². The van der Waals surface area contributed by atoms with Crippen LogP contribution < -0.4 is 0 Å². The molecule has 4 aliphatic carbocycles.